The summed E-state index contributed by atoms with van der Waals surface area (Å²) in [5.41, 5.74) is 0. The molecule has 0 amide bonds. The number of rotatable bonds is 3. The predicted molar refractivity (Wildman–Crippen MR) is 36.9 cm³/mol. The summed E-state index contributed by atoms with van der Waals surface area (Å²) >= 11 is 0. The van der Waals surface area contributed by atoms with Crippen LogP contribution in [0.1, 0.15) is 0 Å². The van der Waals surface area contributed by atoms with Crippen molar-refractivity contribution in [2.75, 3.05) is 27.3 Å². The van der Waals surface area contributed by atoms with E-state index in [0.29, 0.717) is 0 Å². The molecule has 0 aromatic heterocycles. The number of nitrogens with two attached hydrogens (primary N) is 1. The van der Waals surface area contributed by atoms with Gasteiger partial charge in [0.2, 0.25) is 10.4 Å². The lowest BCUT2D eigenvalue weighted by molar-refractivity contribution is -0.628. The van der Waals surface area contributed by atoms with Crippen LogP contribution in [-0.4, -0.2) is 44.8 Å². The topological polar surface area (TPSA) is 103 Å². The first-order valence-corrected chi connectivity index (χ1v) is 4.23. The molecule has 0 aromatic rings. The smallest absolute Gasteiger partial charge is 0.215 e. The Labute approximate surface area is 66.1 Å². The van der Waals surface area contributed by atoms with Crippen molar-refractivity contribution in [2.45, 2.75) is 0 Å². The molecule has 0 aliphatic carbocycles. The molecule has 0 fully saturated rings. The Morgan fingerprint density at radius 3 is 2.09 bits per heavy atom. The highest BCUT2D eigenvalue weighted by Gasteiger charge is 1.75. The first kappa shape index (κ1) is 13.4. The molecule has 0 atom stereocenters. The van der Waals surface area contributed by atoms with E-state index < -0.39 is 10.4 Å². The quantitative estimate of drug-likeness (QED) is 0.297. The zero-order valence-electron chi connectivity index (χ0n) is 6.48. The average Bonchev–Trinajstić information content (AvgIpc) is 1.79. The second kappa shape index (κ2) is 7.89. The zero-order chi connectivity index (χ0) is 9.33. The van der Waals surface area contributed by atoms with E-state index >= 15 is 0 Å². The molecular weight excluding hydrogens is 174 g/mol. The lowest BCUT2D eigenvalue weighted by atomic mass is 10.7. The molecule has 0 unspecified atom stereocenters. The van der Waals surface area contributed by atoms with Crippen molar-refractivity contribution in [3.63, 3.8) is 0 Å². The fourth-order valence-corrected chi connectivity index (χ4v) is 0.236. The van der Waals surface area contributed by atoms with Crippen molar-refractivity contribution in [2.24, 2.45) is 0 Å². The molecule has 0 bridgehead atoms. The molecule has 3 N–H and O–H groups in total. The van der Waals surface area contributed by atoms with E-state index in [9.17, 15) is 0 Å². The molecule has 11 heavy (non-hydrogen) atoms. The minimum absolute atomic E-state index is 0.858. The van der Waals surface area contributed by atoms with Gasteiger partial charge in [-0.15, -0.1) is 0 Å². The normalized spacial score (nSPS) is 10.2. The van der Waals surface area contributed by atoms with Crippen LogP contribution < -0.4 is 5.32 Å². The summed E-state index contributed by atoms with van der Waals surface area (Å²) in [7, 11) is -1.18. The van der Waals surface area contributed by atoms with Crippen LogP contribution in [-0.2, 0) is 15.1 Å². The van der Waals surface area contributed by atoms with Crippen LogP contribution in [0.4, 0.5) is 0 Å². The number of ether oxygens (including phenoxy) is 1. The van der Waals surface area contributed by atoms with E-state index in [1.165, 1.54) is 0 Å². The van der Waals surface area contributed by atoms with Crippen molar-refractivity contribution in [1.82, 2.24) is 0 Å². The highest BCUT2D eigenvalue weighted by molar-refractivity contribution is 7.79. The highest BCUT2D eigenvalue weighted by Crippen LogP contribution is 1.58. The van der Waals surface area contributed by atoms with Crippen molar-refractivity contribution >= 4 is 10.4 Å². The molecule has 0 saturated heterocycles. The highest BCUT2D eigenvalue weighted by atomic mass is 32.3. The van der Waals surface area contributed by atoms with E-state index in [4.69, 9.17) is 22.3 Å². The van der Waals surface area contributed by atoms with Gasteiger partial charge in [-0.1, -0.05) is 0 Å². The number of methoxy groups -OCH3 is 1. The van der Waals surface area contributed by atoms with Gasteiger partial charge in [0.15, 0.2) is 0 Å². The van der Waals surface area contributed by atoms with Crippen LogP contribution in [0.15, 0.2) is 0 Å². The van der Waals surface area contributed by atoms with Gasteiger partial charge in [-0.2, -0.15) is 0 Å². The van der Waals surface area contributed by atoms with Gasteiger partial charge in [-0.25, -0.2) is 8.42 Å². The third kappa shape index (κ3) is 76.3. The summed E-state index contributed by atoms with van der Waals surface area (Å²) in [4.78, 5) is 0. The van der Waals surface area contributed by atoms with Gasteiger partial charge in [0.25, 0.3) is 0 Å². The van der Waals surface area contributed by atoms with E-state index in [0.717, 1.165) is 13.2 Å². The summed E-state index contributed by atoms with van der Waals surface area (Å²) in [5, 5.41) is 2.09. The van der Waals surface area contributed by atoms with Crippen LogP contribution >= 0.6 is 0 Å². The fourth-order valence-electron chi connectivity index (χ4n) is 0.236. The molecule has 70 valence electrons. The first-order chi connectivity index (χ1) is 4.91. The predicted octanol–water partition coefficient (Wildman–Crippen LogP) is -2.17. The largest absolute Gasteiger partial charge is 0.726 e. The number of quaternary nitrogens is 1. The minimum atomic E-state index is -4.92. The van der Waals surface area contributed by atoms with Crippen molar-refractivity contribution in [1.29, 1.82) is 0 Å². The van der Waals surface area contributed by atoms with Crippen LogP contribution in [0.2, 0.25) is 0 Å². The van der Waals surface area contributed by atoms with E-state index in [2.05, 4.69) is 5.32 Å². The lowest BCUT2D eigenvalue weighted by Gasteiger charge is -1.89. The molecule has 0 spiro atoms. The average molecular weight is 187 g/mol. The molecule has 0 aromatic carbocycles. The molecule has 0 aliphatic rings. The Hall–Kier alpha value is -0.210. The SMILES string of the molecule is C[NH2+]CCOC.O=S(=O)([O-])O. The van der Waals surface area contributed by atoms with Crippen LogP contribution in [0.25, 0.3) is 0 Å². The lowest BCUT2D eigenvalue weighted by Crippen LogP contribution is -2.80. The molecule has 0 aliphatic heterocycles. The van der Waals surface area contributed by atoms with Crippen molar-refractivity contribution in [3.05, 3.63) is 0 Å². The van der Waals surface area contributed by atoms with E-state index in [1.54, 1.807) is 7.11 Å². The van der Waals surface area contributed by atoms with E-state index in [-0.39, 0.29) is 0 Å². The summed E-state index contributed by atoms with van der Waals surface area (Å²) in [6.45, 7) is 1.92. The Kier molecular flexibility index (Phi) is 9.60. The second-order valence-corrected chi connectivity index (χ2v) is 2.47. The van der Waals surface area contributed by atoms with Gasteiger partial charge in [0.1, 0.15) is 0 Å². The summed E-state index contributed by atoms with van der Waals surface area (Å²) in [6, 6.07) is 0. The fraction of sp³-hybridized carbons (Fsp3) is 1.00. The first-order valence-electron chi connectivity index (χ1n) is 2.87. The van der Waals surface area contributed by atoms with Crippen molar-refractivity contribution < 1.29 is 27.6 Å². The van der Waals surface area contributed by atoms with Crippen LogP contribution in [0, 0.1) is 0 Å². The number of likely N-dealkylation sites (N-methyl/N-ethyl adjacent to an activating group) is 1. The molecule has 0 saturated carbocycles. The van der Waals surface area contributed by atoms with Crippen LogP contribution in [0.3, 0.4) is 0 Å². The number of hydrogen-bond donors (Lipinski definition) is 2. The Bertz CT molecular complexity index is 142. The Morgan fingerprint density at radius 2 is 2.00 bits per heavy atom. The molecule has 0 rings (SSSR count). The summed E-state index contributed by atoms with van der Waals surface area (Å²) < 4.78 is 37.6. The van der Waals surface area contributed by atoms with E-state index in [1.807, 2.05) is 7.05 Å². The Balaban J connectivity index is 0. The molecule has 7 heteroatoms. The van der Waals surface area contributed by atoms with Gasteiger partial charge in [0, 0.05) is 7.11 Å². The van der Waals surface area contributed by atoms with Gasteiger partial charge in [-0.3, -0.25) is 4.55 Å². The molecule has 0 heterocycles. The second-order valence-electron chi connectivity index (χ2n) is 1.62. The number of hydrogen-bond acceptors (Lipinski definition) is 4. The maximum atomic E-state index is 8.63. The standard InChI is InChI=1S/C4H11NO.H2O4S/c1-5-3-4-6-2;1-5(2,3)4/h5H,3-4H2,1-2H3;(H2,1,2,3,4). The molecule has 6 nitrogen and oxygen atoms in total. The monoisotopic (exact) mass is 187 g/mol. The van der Waals surface area contributed by atoms with Gasteiger partial charge in [0.05, 0.1) is 20.2 Å². The van der Waals surface area contributed by atoms with Crippen LogP contribution in [0.5, 0.6) is 0 Å². The van der Waals surface area contributed by atoms with Gasteiger partial charge in [-0.05, 0) is 0 Å². The van der Waals surface area contributed by atoms with Gasteiger partial charge >= 0.3 is 0 Å². The summed E-state index contributed by atoms with van der Waals surface area (Å²) in [6.07, 6.45) is 0. The maximum Gasteiger partial charge on any atom is 0.215 e. The third-order valence-corrected chi connectivity index (χ3v) is 0.611. The van der Waals surface area contributed by atoms with Crippen molar-refractivity contribution in [3.8, 4) is 0 Å². The molecule has 0 radical (unpaired) electrons. The molecular formula is C4H13NO5S. The Morgan fingerprint density at radius 1 is 1.64 bits per heavy atom. The maximum absolute atomic E-state index is 8.63. The van der Waals surface area contributed by atoms with Gasteiger partial charge < -0.3 is 14.6 Å². The third-order valence-electron chi connectivity index (χ3n) is 0.611. The zero-order valence-corrected chi connectivity index (χ0v) is 7.30. The minimum Gasteiger partial charge on any atom is -0.726 e. The summed E-state index contributed by atoms with van der Waals surface area (Å²) in [5.74, 6) is 0.